The summed E-state index contributed by atoms with van der Waals surface area (Å²) in [5, 5.41) is 10.6. The van der Waals surface area contributed by atoms with Gasteiger partial charge < -0.3 is 33.8 Å². The molecule has 0 aliphatic heterocycles. The number of aliphatic hydroxyl groups is 1. The van der Waals surface area contributed by atoms with Crippen molar-refractivity contribution < 1.29 is 80.2 Å². The molecule has 0 fully saturated rings. The van der Waals surface area contributed by atoms with E-state index in [0.717, 1.165) is 121 Å². The number of hydrogen-bond acceptors (Lipinski definition) is 15. The number of hydrogen-bond donors (Lipinski definition) is 3. The lowest BCUT2D eigenvalue weighted by atomic mass is 9.99. The van der Waals surface area contributed by atoms with Gasteiger partial charge in [0.05, 0.1) is 26.4 Å². The first kappa shape index (κ1) is 89.5. The molecular weight excluding hydrogens is 1210 g/mol. The van der Waals surface area contributed by atoms with E-state index >= 15 is 0 Å². The first-order valence-corrected chi connectivity index (χ1v) is 40.2. The van der Waals surface area contributed by atoms with Crippen molar-refractivity contribution >= 4 is 39.5 Å². The number of aliphatic hydroxyl groups excluding tert-OH is 1. The highest BCUT2D eigenvalue weighted by molar-refractivity contribution is 7.47. The molecule has 6 atom stereocenters. The molecule has 0 bridgehead atoms. The zero-order chi connectivity index (χ0) is 68.0. The Hall–Kier alpha value is -2.46. The van der Waals surface area contributed by atoms with E-state index in [-0.39, 0.29) is 25.7 Å². The number of rotatable bonds is 69. The zero-order valence-electron chi connectivity index (χ0n) is 59.5. The Morgan fingerprint density at radius 1 is 0.359 bits per heavy atom. The Labute approximate surface area is 561 Å². The molecule has 19 heteroatoms. The molecule has 0 aromatic heterocycles. The number of carbonyl (C=O) groups is 4. The third-order valence-electron chi connectivity index (χ3n) is 16.6. The van der Waals surface area contributed by atoms with Crippen molar-refractivity contribution in [3.8, 4) is 0 Å². The summed E-state index contributed by atoms with van der Waals surface area (Å²) in [7, 11) is -9.92. The highest BCUT2D eigenvalue weighted by Gasteiger charge is 2.30. The summed E-state index contributed by atoms with van der Waals surface area (Å²) in [6, 6.07) is 0. The van der Waals surface area contributed by atoms with E-state index in [0.29, 0.717) is 37.5 Å². The first-order valence-electron chi connectivity index (χ1n) is 37.2. The van der Waals surface area contributed by atoms with Crippen LogP contribution in [0.4, 0.5) is 0 Å². The second-order valence-corrected chi connectivity index (χ2v) is 29.7. The summed E-state index contributed by atoms with van der Waals surface area (Å²) >= 11 is 0. The van der Waals surface area contributed by atoms with E-state index in [1.165, 1.54) is 128 Å². The molecule has 542 valence electrons. The molecule has 0 saturated carbocycles. The molecule has 92 heavy (non-hydrogen) atoms. The van der Waals surface area contributed by atoms with Crippen molar-refractivity contribution in [3.63, 3.8) is 0 Å². The van der Waals surface area contributed by atoms with Crippen LogP contribution in [0.5, 0.6) is 0 Å². The Morgan fingerprint density at radius 2 is 0.641 bits per heavy atom. The van der Waals surface area contributed by atoms with E-state index in [1.807, 2.05) is 0 Å². The van der Waals surface area contributed by atoms with Crippen LogP contribution in [0.25, 0.3) is 0 Å². The smallest absolute Gasteiger partial charge is 0.462 e. The van der Waals surface area contributed by atoms with Crippen molar-refractivity contribution in [1.29, 1.82) is 0 Å². The van der Waals surface area contributed by atoms with Crippen molar-refractivity contribution in [3.05, 3.63) is 24.3 Å². The third-order valence-corrected chi connectivity index (χ3v) is 18.5. The molecule has 0 aliphatic carbocycles. The molecule has 0 radical (unpaired) electrons. The average molecular weight is 1350 g/mol. The highest BCUT2D eigenvalue weighted by Crippen LogP contribution is 2.45. The fourth-order valence-corrected chi connectivity index (χ4v) is 12.1. The fourth-order valence-electron chi connectivity index (χ4n) is 10.5. The minimum atomic E-state index is -4.96. The minimum absolute atomic E-state index is 0.0998. The van der Waals surface area contributed by atoms with Gasteiger partial charge in [-0.2, -0.15) is 0 Å². The van der Waals surface area contributed by atoms with Crippen LogP contribution >= 0.6 is 15.6 Å². The number of ether oxygens (including phenoxy) is 4. The largest absolute Gasteiger partial charge is 0.472 e. The van der Waals surface area contributed by atoms with Crippen LogP contribution in [0.1, 0.15) is 344 Å². The maximum absolute atomic E-state index is 13.0. The van der Waals surface area contributed by atoms with Gasteiger partial charge in [-0.15, -0.1) is 0 Å². The molecule has 0 rings (SSSR count). The highest BCUT2D eigenvalue weighted by atomic mass is 31.2. The maximum Gasteiger partial charge on any atom is 0.472 e. The van der Waals surface area contributed by atoms with Crippen LogP contribution in [0.3, 0.4) is 0 Å². The number of esters is 4. The molecule has 3 unspecified atom stereocenters. The second-order valence-electron chi connectivity index (χ2n) is 26.8. The van der Waals surface area contributed by atoms with Crippen LogP contribution in [0.2, 0.25) is 0 Å². The van der Waals surface area contributed by atoms with Crippen LogP contribution in [0, 0.1) is 17.8 Å². The summed E-state index contributed by atoms with van der Waals surface area (Å²) in [5.41, 5.74) is 0. The molecule has 0 aromatic carbocycles. The van der Waals surface area contributed by atoms with Gasteiger partial charge in [0.1, 0.15) is 19.3 Å². The van der Waals surface area contributed by atoms with Gasteiger partial charge >= 0.3 is 39.5 Å². The van der Waals surface area contributed by atoms with Crippen LogP contribution in [0.15, 0.2) is 24.3 Å². The predicted molar refractivity (Wildman–Crippen MR) is 372 cm³/mol. The average Bonchev–Trinajstić information content (AvgIpc) is 1.87. The van der Waals surface area contributed by atoms with Gasteiger partial charge in [0.25, 0.3) is 0 Å². The molecule has 0 aliphatic rings. The van der Waals surface area contributed by atoms with E-state index in [9.17, 15) is 43.2 Å². The summed E-state index contributed by atoms with van der Waals surface area (Å²) in [4.78, 5) is 72.6. The summed E-state index contributed by atoms with van der Waals surface area (Å²) in [6.45, 7) is 11.7. The topological polar surface area (TPSA) is 237 Å². The number of allylic oxidation sites excluding steroid dienone is 4. The van der Waals surface area contributed by atoms with E-state index in [4.69, 9.17) is 37.0 Å². The molecule has 0 saturated heterocycles. The monoisotopic (exact) mass is 1350 g/mol. The van der Waals surface area contributed by atoms with E-state index in [2.05, 4.69) is 72.8 Å². The maximum atomic E-state index is 13.0. The lowest BCUT2D eigenvalue weighted by Crippen LogP contribution is -2.30. The zero-order valence-corrected chi connectivity index (χ0v) is 61.3. The molecule has 0 spiro atoms. The molecule has 0 amide bonds. The van der Waals surface area contributed by atoms with Gasteiger partial charge in [-0.1, -0.05) is 291 Å². The predicted octanol–water partition coefficient (Wildman–Crippen LogP) is 20.6. The molecule has 3 N–H and O–H groups in total. The number of phosphoric ester groups is 2. The summed E-state index contributed by atoms with van der Waals surface area (Å²) in [6.07, 6.45) is 51.0. The number of phosphoric acid groups is 2. The van der Waals surface area contributed by atoms with Gasteiger partial charge in [-0.05, 0) is 69.1 Å². The number of carbonyl (C=O) groups excluding carboxylic acids is 4. The SMILES string of the molecule is CCCCCC/C=C\C=C/CCCCCCCC(=O)OC[C@H](COP(=O)(O)OC[C@@H](O)COP(=O)(O)OC[C@@H](COC(=O)CCCCCCCCC(C)C)OC(=O)CCCCCCCCCC(C)C)OC(=O)CCCCCCCCCCCCCCCCC(C)CC. The fraction of sp³-hybridized carbons (Fsp3) is 0.890. The van der Waals surface area contributed by atoms with Gasteiger partial charge in [-0.3, -0.25) is 37.3 Å². The summed E-state index contributed by atoms with van der Waals surface area (Å²) < 4.78 is 68.3. The first-order chi connectivity index (χ1) is 44.3. The van der Waals surface area contributed by atoms with E-state index < -0.39 is 97.5 Å². The van der Waals surface area contributed by atoms with Crippen molar-refractivity contribution in [1.82, 2.24) is 0 Å². The minimum Gasteiger partial charge on any atom is -0.462 e. The Balaban J connectivity index is 5.26. The molecule has 17 nitrogen and oxygen atoms in total. The van der Waals surface area contributed by atoms with Gasteiger partial charge in [0.15, 0.2) is 12.2 Å². The van der Waals surface area contributed by atoms with Crippen LogP contribution in [-0.2, 0) is 65.4 Å². The Kier molecular flexibility index (Phi) is 61.6. The lowest BCUT2D eigenvalue weighted by Gasteiger charge is -2.21. The van der Waals surface area contributed by atoms with Crippen molar-refractivity contribution in [2.24, 2.45) is 17.8 Å². The van der Waals surface area contributed by atoms with Gasteiger partial charge in [-0.25, -0.2) is 9.13 Å². The van der Waals surface area contributed by atoms with Gasteiger partial charge in [0, 0.05) is 25.7 Å². The van der Waals surface area contributed by atoms with Crippen LogP contribution < -0.4 is 0 Å². The second kappa shape index (κ2) is 63.3. The van der Waals surface area contributed by atoms with Gasteiger partial charge in [0.2, 0.25) is 0 Å². The Bertz CT molecular complexity index is 1900. The Morgan fingerprint density at radius 3 is 0.967 bits per heavy atom. The molecule has 0 heterocycles. The van der Waals surface area contributed by atoms with Crippen molar-refractivity contribution in [2.45, 2.75) is 362 Å². The quantitative estimate of drug-likeness (QED) is 0.0169. The van der Waals surface area contributed by atoms with E-state index in [1.54, 1.807) is 0 Å². The lowest BCUT2D eigenvalue weighted by molar-refractivity contribution is -0.161. The third kappa shape index (κ3) is 64.9. The number of unbranched alkanes of at least 4 members (excludes halogenated alkanes) is 33. The standard InChI is InChI=1S/C73H138O17P2/c1-8-10-11-12-13-14-15-16-17-21-24-27-32-40-47-54-70(75)83-60-68(89-72(77)56-49-42-33-28-25-22-19-18-20-23-26-31-39-46-53-66(7)9-2)62-87-91(79,80)85-58-67(74)59-86-92(81,82)88-63-69(61-84-71(76)55-48-41-36-35-38-45-52-65(5)6)90-73(78)57-50-43-34-29-30-37-44-51-64(3)4/h14-17,64-69,74H,8-13,18-63H2,1-7H3,(H,79,80)(H,81,82)/b15-14-,17-16-/t66?,67-,68-,69-/m1/s1. The normalized spacial score (nSPS) is 14.6. The molecule has 0 aromatic rings. The summed E-state index contributed by atoms with van der Waals surface area (Å²) in [5.74, 6) is 0.0582. The molecular formula is C73H138O17P2. The van der Waals surface area contributed by atoms with Crippen molar-refractivity contribution in [2.75, 3.05) is 39.6 Å². The van der Waals surface area contributed by atoms with Crippen LogP contribution in [-0.4, -0.2) is 96.7 Å².